The predicted octanol–water partition coefficient (Wildman–Crippen LogP) is 13.6. The van der Waals surface area contributed by atoms with Gasteiger partial charge in [-0.3, -0.25) is 0 Å². The van der Waals surface area contributed by atoms with Crippen molar-refractivity contribution >= 4 is 44.8 Å². The van der Waals surface area contributed by atoms with Gasteiger partial charge >= 0.3 is 0 Å². The zero-order chi connectivity index (χ0) is 38.2. The number of nitrogens with zero attached hydrogens (tertiary/aromatic N) is 2. The van der Waals surface area contributed by atoms with E-state index in [1.54, 1.807) is 0 Å². The number of fused-ring (bicyclic) bond motifs is 6. The van der Waals surface area contributed by atoms with Crippen molar-refractivity contribution in [2.75, 3.05) is 0 Å². The summed E-state index contributed by atoms with van der Waals surface area (Å²) in [6, 6.07) is 43.6. The fourth-order valence-corrected chi connectivity index (χ4v) is 12.0. The van der Waals surface area contributed by atoms with Crippen molar-refractivity contribution in [3.63, 3.8) is 0 Å². The van der Waals surface area contributed by atoms with Gasteiger partial charge in [0.15, 0.2) is 0 Å². The Balaban J connectivity index is 0.000000190. The van der Waals surface area contributed by atoms with E-state index in [0.717, 1.165) is 46.7 Å². The number of rotatable bonds is 7. The molecule has 3 aromatic heterocycles. The third-order valence-electron chi connectivity index (χ3n) is 11.8. The first-order valence-corrected chi connectivity index (χ1v) is 24.6. The summed E-state index contributed by atoms with van der Waals surface area (Å²) >= 11 is 1.87. The van der Waals surface area contributed by atoms with Crippen molar-refractivity contribution in [2.45, 2.75) is 85.4 Å². The van der Waals surface area contributed by atoms with Crippen LogP contribution in [0.15, 0.2) is 116 Å². The molecule has 3 heterocycles. The van der Waals surface area contributed by atoms with Gasteiger partial charge in [-0.25, -0.2) is 0 Å². The zero-order valence-electron chi connectivity index (χ0n) is 33.8. The van der Waals surface area contributed by atoms with E-state index in [2.05, 4.69) is 144 Å². The van der Waals surface area contributed by atoms with E-state index in [-0.39, 0.29) is 25.5 Å². The third kappa shape index (κ3) is 9.18. The minimum absolute atomic E-state index is 0. The molecule has 0 spiro atoms. The molecule has 56 heavy (non-hydrogen) atoms. The summed E-state index contributed by atoms with van der Waals surface area (Å²) in [6.07, 6.45) is 13.7. The average Bonchev–Trinajstić information content (AvgIpc) is 3.57. The molecule has 3 aliphatic rings. The first-order valence-electron chi connectivity index (χ1n) is 20.3. The number of benzene rings is 4. The third-order valence-corrected chi connectivity index (χ3v) is 15.1. The predicted molar refractivity (Wildman–Crippen MR) is 239 cm³/mol. The summed E-state index contributed by atoms with van der Waals surface area (Å²) in [5.41, 5.74) is 10.1. The van der Waals surface area contributed by atoms with Gasteiger partial charge in [-0.05, 0) is 105 Å². The fourth-order valence-electron chi connectivity index (χ4n) is 9.14. The van der Waals surface area contributed by atoms with Crippen LogP contribution in [0, 0.1) is 35.3 Å². The van der Waals surface area contributed by atoms with Crippen LogP contribution in [0.2, 0.25) is 19.6 Å². The smallest absolute Gasteiger partial charge is 0.0798 e. The van der Waals surface area contributed by atoms with Crippen molar-refractivity contribution in [3.05, 3.63) is 139 Å². The van der Waals surface area contributed by atoms with Gasteiger partial charge in [-0.1, -0.05) is 124 Å². The Hall–Kier alpha value is -3.73. The van der Waals surface area contributed by atoms with Gasteiger partial charge in [0.2, 0.25) is 0 Å². The quantitative estimate of drug-likeness (QED) is 0.118. The maximum Gasteiger partial charge on any atom is 0.0798 e. The molecular formula is C51H54IrN2SSi-2. The first-order chi connectivity index (χ1) is 26.5. The van der Waals surface area contributed by atoms with E-state index in [4.69, 9.17) is 9.97 Å². The molecule has 0 aliphatic heterocycles. The fraction of sp³-hybridized carbons (Fsp3) is 0.333. The Morgan fingerprint density at radius 3 is 2.23 bits per heavy atom. The van der Waals surface area contributed by atoms with Crippen LogP contribution in [0.4, 0.5) is 0 Å². The molecule has 0 saturated heterocycles. The van der Waals surface area contributed by atoms with Crippen LogP contribution < -0.4 is 5.19 Å². The van der Waals surface area contributed by atoms with Gasteiger partial charge in [-0.2, -0.15) is 11.3 Å². The normalized spacial score (nSPS) is 18.0. The van der Waals surface area contributed by atoms with Gasteiger partial charge < -0.3 is 9.97 Å². The minimum Gasteiger partial charge on any atom is -0.305 e. The monoisotopic (exact) mass is 947 g/mol. The van der Waals surface area contributed by atoms with Crippen molar-refractivity contribution in [1.29, 1.82) is 0 Å². The van der Waals surface area contributed by atoms with Crippen LogP contribution in [0.25, 0.3) is 53.8 Å². The molecule has 1 radical (unpaired) electrons. The number of aromatic nitrogens is 2. The van der Waals surface area contributed by atoms with E-state index < -0.39 is 8.07 Å². The summed E-state index contributed by atoms with van der Waals surface area (Å²) in [5, 5.41) is 4.12. The van der Waals surface area contributed by atoms with Crippen LogP contribution in [0.3, 0.4) is 0 Å². The zero-order valence-corrected chi connectivity index (χ0v) is 38.0. The molecule has 2 nitrogen and oxygen atoms in total. The van der Waals surface area contributed by atoms with Crippen LogP contribution in [-0.4, -0.2) is 18.0 Å². The van der Waals surface area contributed by atoms with Gasteiger partial charge in [0.25, 0.3) is 0 Å². The Morgan fingerprint density at radius 2 is 1.54 bits per heavy atom. The summed E-state index contributed by atoms with van der Waals surface area (Å²) < 4.78 is 2.62. The SMILES string of the molecule is CC(C)(C)Cc1cc(-c2[c-]cccc2)ncc1[Si](C)(C)C.[Ir].[c-]1ccc2c(sc3cc(-c4ccccc4)ccc32)c1-c1cc(CC2CC3CCC2CC3)ccn1. The van der Waals surface area contributed by atoms with Crippen molar-refractivity contribution < 1.29 is 20.1 Å². The van der Waals surface area contributed by atoms with E-state index in [9.17, 15) is 0 Å². The second kappa shape index (κ2) is 17.0. The van der Waals surface area contributed by atoms with E-state index >= 15 is 0 Å². The molecule has 5 heteroatoms. The summed E-state index contributed by atoms with van der Waals surface area (Å²) in [7, 11) is -1.37. The molecular weight excluding hydrogens is 893 g/mol. The summed E-state index contributed by atoms with van der Waals surface area (Å²) in [4.78, 5) is 9.52. The van der Waals surface area contributed by atoms with Crippen LogP contribution in [-0.2, 0) is 32.9 Å². The second-order valence-corrected chi connectivity index (χ2v) is 24.4. The summed E-state index contributed by atoms with van der Waals surface area (Å²) in [5.74, 6) is 2.79. The van der Waals surface area contributed by atoms with Crippen molar-refractivity contribution in [1.82, 2.24) is 9.97 Å². The topological polar surface area (TPSA) is 25.8 Å². The Morgan fingerprint density at radius 1 is 0.750 bits per heavy atom. The molecule has 0 amide bonds. The van der Waals surface area contributed by atoms with Crippen molar-refractivity contribution in [2.24, 2.45) is 23.2 Å². The molecule has 7 aromatic rings. The maximum absolute atomic E-state index is 4.81. The number of hydrogen-bond acceptors (Lipinski definition) is 3. The molecule has 0 N–H and O–H groups in total. The van der Waals surface area contributed by atoms with Gasteiger partial charge in [-0.15, -0.1) is 59.7 Å². The van der Waals surface area contributed by atoms with Crippen LogP contribution >= 0.6 is 11.3 Å². The van der Waals surface area contributed by atoms with Crippen LogP contribution in [0.1, 0.15) is 64.0 Å². The Kier molecular flexibility index (Phi) is 12.3. The van der Waals surface area contributed by atoms with Gasteiger partial charge in [0, 0.05) is 37.2 Å². The average molecular weight is 947 g/mol. The molecule has 10 rings (SSSR count). The second-order valence-electron chi connectivity index (χ2n) is 18.3. The first kappa shape index (κ1) is 40.5. The van der Waals surface area contributed by atoms with E-state index in [1.807, 2.05) is 35.7 Å². The number of thiophene rings is 1. The van der Waals surface area contributed by atoms with Crippen LogP contribution in [0.5, 0.6) is 0 Å². The van der Waals surface area contributed by atoms with Gasteiger partial charge in [0.1, 0.15) is 0 Å². The van der Waals surface area contributed by atoms with Crippen molar-refractivity contribution in [3.8, 4) is 33.6 Å². The standard InChI is InChI=1S/C32H28NS.C19H26NSi.Ir/c1-2-5-23(6-3-1)25-13-14-27-28-7-4-8-29(32(28)34-31(27)20-25)30-19-22(15-16-33-30)18-26-17-21-9-11-24(26)12-10-21;1-19(2,3)13-16-12-17(15-10-8-7-9-11-15)20-14-18(16)21(4,5)6;/h1-7,13-16,19-21,24,26H,9-12,17-18H2;7-10,12,14H,13H2,1-6H3;/q2*-1;. The molecule has 3 aliphatic carbocycles. The number of pyridine rings is 2. The van der Waals surface area contributed by atoms with E-state index in [0.29, 0.717) is 0 Å². The summed E-state index contributed by atoms with van der Waals surface area (Å²) in [6.45, 7) is 14.1. The molecule has 1 atom stereocenters. The number of hydrogen-bond donors (Lipinski definition) is 0. The molecule has 289 valence electrons. The molecule has 2 bridgehead atoms. The van der Waals surface area contributed by atoms with Gasteiger partial charge in [0.05, 0.1) is 8.07 Å². The molecule has 3 fully saturated rings. The molecule has 1 unspecified atom stereocenters. The minimum atomic E-state index is -1.37. The molecule has 4 aromatic carbocycles. The van der Waals surface area contributed by atoms with E-state index in [1.165, 1.54) is 86.1 Å². The Labute approximate surface area is 353 Å². The largest absolute Gasteiger partial charge is 0.305 e. The molecule has 3 saturated carbocycles. The Bertz CT molecular complexity index is 2400. The maximum atomic E-state index is 4.81.